The number of rotatable bonds is 3. The standard InChI is InChI=1S/C28H21N3/c1-19-14-25(16-26(18-29)23-10-9-21-6-3-4-7-22(21)15-23)20(2)31(19)27-11-12-28-24(17-27)8-5-13-30-28/h3-17H,1-2H3/b26-16-. The number of allylic oxidation sites excluding steroid dienone is 1. The first-order valence-corrected chi connectivity index (χ1v) is 10.3. The largest absolute Gasteiger partial charge is 0.318 e. The summed E-state index contributed by atoms with van der Waals surface area (Å²) in [5.41, 5.74) is 6.96. The van der Waals surface area contributed by atoms with E-state index >= 15 is 0 Å². The fourth-order valence-electron chi connectivity index (χ4n) is 4.23. The van der Waals surface area contributed by atoms with Crippen LogP contribution in [0.3, 0.4) is 0 Å². The van der Waals surface area contributed by atoms with Gasteiger partial charge < -0.3 is 4.57 Å². The Morgan fingerprint density at radius 1 is 0.871 bits per heavy atom. The molecule has 3 heteroatoms. The molecule has 2 aromatic heterocycles. The number of aromatic nitrogens is 2. The van der Waals surface area contributed by atoms with Gasteiger partial charge in [-0.25, -0.2) is 0 Å². The van der Waals surface area contributed by atoms with Crippen LogP contribution in [0.2, 0.25) is 0 Å². The lowest BCUT2D eigenvalue weighted by Crippen LogP contribution is -1.99. The van der Waals surface area contributed by atoms with E-state index in [0.29, 0.717) is 5.57 Å². The number of hydrogen-bond acceptors (Lipinski definition) is 2. The smallest absolute Gasteiger partial charge is 0.0998 e. The van der Waals surface area contributed by atoms with Crippen LogP contribution < -0.4 is 0 Å². The number of benzene rings is 3. The van der Waals surface area contributed by atoms with Gasteiger partial charge in [0.15, 0.2) is 0 Å². The van der Waals surface area contributed by atoms with Gasteiger partial charge >= 0.3 is 0 Å². The molecule has 0 N–H and O–H groups in total. The molecule has 0 saturated heterocycles. The van der Waals surface area contributed by atoms with Crippen molar-refractivity contribution in [1.29, 1.82) is 5.26 Å². The molecule has 3 nitrogen and oxygen atoms in total. The number of nitrogens with zero attached hydrogens (tertiary/aromatic N) is 3. The van der Waals surface area contributed by atoms with E-state index in [0.717, 1.165) is 44.5 Å². The maximum Gasteiger partial charge on any atom is 0.0998 e. The number of pyridine rings is 1. The molecule has 148 valence electrons. The van der Waals surface area contributed by atoms with Crippen molar-refractivity contribution in [3.8, 4) is 11.8 Å². The van der Waals surface area contributed by atoms with Crippen molar-refractivity contribution < 1.29 is 0 Å². The van der Waals surface area contributed by atoms with Gasteiger partial charge in [-0.3, -0.25) is 4.98 Å². The third-order valence-electron chi connectivity index (χ3n) is 5.80. The van der Waals surface area contributed by atoms with E-state index in [1.807, 2.05) is 36.5 Å². The van der Waals surface area contributed by atoms with Gasteiger partial charge in [0.1, 0.15) is 0 Å². The summed E-state index contributed by atoms with van der Waals surface area (Å²) in [5, 5.41) is 13.3. The average Bonchev–Trinajstić information content (AvgIpc) is 3.09. The van der Waals surface area contributed by atoms with Gasteiger partial charge in [0, 0.05) is 28.7 Å². The molecule has 0 aliphatic rings. The zero-order chi connectivity index (χ0) is 21.4. The third kappa shape index (κ3) is 3.39. The Kier molecular flexibility index (Phi) is 4.61. The van der Waals surface area contributed by atoms with Gasteiger partial charge in [-0.05, 0) is 78.2 Å². The van der Waals surface area contributed by atoms with Crippen LogP contribution in [0.15, 0.2) is 85.1 Å². The maximum absolute atomic E-state index is 9.88. The Balaban J connectivity index is 1.59. The van der Waals surface area contributed by atoms with E-state index in [9.17, 15) is 5.26 Å². The van der Waals surface area contributed by atoms with Gasteiger partial charge in [0.25, 0.3) is 0 Å². The molecule has 0 amide bonds. The molecule has 5 rings (SSSR count). The summed E-state index contributed by atoms with van der Waals surface area (Å²) >= 11 is 0. The zero-order valence-corrected chi connectivity index (χ0v) is 17.5. The molecule has 0 unspecified atom stereocenters. The number of fused-ring (bicyclic) bond motifs is 2. The molecule has 0 aliphatic carbocycles. The number of aryl methyl sites for hydroxylation is 1. The molecular weight excluding hydrogens is 378 g/mol. The summed E-state index contributed by atoms with van der Waals surface area (Å²) in [6.07, 6.45) is 3.80. The molecule has 31 heavy (non-hydrogen) atoms. The fourth-order valence-corrected chi connectivity index (χ4v) is 4.23. The van der Waals surface area contributed by atoms with Gasteiger partial charge in [-0.1, -0.05) is 42.5 Å². The predicted octanol–water partition coefficient (Wildman–Crippen LogP) is 6.86. The average molecular weight is 399 g/mol. The third-order valence-corrected chi connectivity index (χ3v) is 5.80. The van der Waals surface area contributed by atoms with E-state index in [2.05, 4.69) is 84.1 Å². The van der Waals surface area contributed by atoms with Crippen LogP contribution in [0.4, 0.5) is 0 Å². The summed E-state index contributed by atoms with van der Waals surface area (Å²) in [4.78, 5) is 4.42. The van der Waals surface area contributed by atoms with Crippen molar-refractivity contribution in [1.82, 2.24) is 9.55 Å². The summed E-state index contributed by atoms with van der Waals surface area (Å²) in [7, 11) is 0. The second kappa shape index (κ2) is 7.59. The molecule has 0 saturated carbocycles. The highest BCUT2D eigenvalue weighted by atomic mass is 15.0. The van der Waals surface area contributed by atoms with Crippen LogP contribution in [0.5, 0.6) is 0 Å². The molecule has 0 atom stereocenters. The normalized spacial score (nSPS) is 11.7. The zero-order valence-electron chi connectivity index (χ0n) is 17.5. The minimum atomic E-state index is 0.661. The first-order valence-electron chi connectivity index (χ1n) is 10.3. The van der Waals surface area contributed by atoms with Crippen molar-refractivity contribution in [3.63, 3.8) is 0 Å². The highest BCUT2D eigenvalue weighted by Crippen LogP contribution is 2.28. The second-order valence-electron chi connectivity index (χ2n) is 7.77. The van der Waals surface area contributed by atoms with Crippen molar-refractivity contribution in [2.75, 3.05) is 0 Å². The molecular formula is C28H21N3. The minimum Gasteiger partial charge on any atom is -0.318 e. The maximum atomic E-state index is 9.88. The summed E-state index contributed by atoms with van der Waals surface area (Å²) < 4.78 is 2.23. The van der Waals surface area contributed by atoms with Crippen LogP contribution in [0, 0.1) is 25.2 Å². The Morgan fingerprint density at radius 2 is 1.68 bits per heavy atom. The van der Waals surface area contributed by atoms with Crippen LogP contribution >= 0.6 is 0 Å². The number of nitriles is 1. The first kappa shape index (κ1) is 18.8. The quantitative estimate of drug-likeness (QED) is 0.311. The van der Waals surface area contributed by atoms with Crippen LogP contribution in [0.1, 0.15) is 22.5 Å². The van der Waals surface area contributed by atoms with Gasteiger partial charge in [-0.15, -0.1) is 0 Å². The summed E-state index contributed by atoms with van der Waals surface area (Å²) in [6, 6.07) is 29.3. The van der Waals surface area contributed by atoms with E-state index in [4.69, 9.17) is 0 Å². The van der Waals surface area contributed by atoms with Crippen LogP contribution in [-0.4, -0.2) is 9.55 Å². The van der Waals surface area contributed by atoms with Gasteiger partial charge in [0.2, 0.25) is 0 Å². The molecule has 0 radical (unpaired) electrons. The monoisotopic (exact) mass is 399 g/mol. The molecule has 0 fully saturated rings. The van der Waals surface area contributed by atoms with E-state index in [1.165, 1.54) is 5.39 Å². The van der Waals surface area contributed by atoms with Crippen molar-refractivity contribution in [2.24, 2.45) is 0 Å². The van der Waals surface area contributed by atoms with Gasteiger partial charge in [-0.2, -0.15) is 5.26 Å². The molecule has 5 aromatic rings. The first-order chi connectivity index (χ1) is 15.1. The van der Waals surface area contributed by atoms with Crippen molar-refractivity contribution in [3.05, 3.63) is 108 Å². The lowest BCUT2D eigenvalue weighted by atomic mass is 10.0. The molecule has 0 aliphatic heterocycles. The Bertz CT molecular complexity index is 1510. The highest BCUT2D eigenvalue weighted by Gasteiger charge is 2.12. The predicted molar refractivity (Wildman–Crippen MR) is 128 cm³/mol. The molecule has 3 aromatic carbocycles. The molecule has 2 heterocycles. The molecule has 0 bridgehead atoms. The molecule has 0 spiro atoms. The number of hydrogen-bond donors (Lipinski definition) is 0. The lowest BCUT2D eigenvalue weighted by Gasteiger charge is -2.11. The summed E-state index contributed by atoms with van der Waals surface area (Å²) in [6.45, 7) is 4.20. The van der Waals surface area contributed by atoms with E-state index < -0.39 is 0 Å². The van der Waals surface area contributed by atoms with Crippen LogP contribution in [0.25, 0.3) is 39.0 Å². The minimum absolute atomic E-state index is 0.661. The fraction of sp³-hybridized carbons (Fsp3) is 0.0714. The SMILES string of the molecule is Cc1cc(/C=C(/C#N)c2ccc3ccccc3c2)c(C)n1-c1ccc2ncccc2c1. The van der Waals surface area contributed by atoms with Crippen molar-refractivity contribution >= 4 is 33.3 Å². The summed E-state index contributed by atoms with van der Waals surface area (Å²) in [5.74, 6) is 0. The topological polar surface area (TPSA) is 41.6 Å². The Labute approximate surface area is 181 Å². The Hall–Kier alpha value is -4.16. The van der Waals surface area contributed by atoms with Gasteiger partial charge in [0.05, 0.1) is 17.2 Å². The van der Waals surface area contributed by atoms with Crippen molar-refractivity contribution in [2.45, 2.75) is 13.8 Å². The lowest BCUT2D eigenvalue weighted by molar-refractivity contribution is 0.966. The second-order valence-corrected chi connectivity index (χ2v) is 7.77. The van der Waals surface area contributed by atoms with E-state index in [1.54, 1.807) is 0 Å². The van der Waals surface area contributed by atoms with E-state index in [-0.39, 0.29) is 0 Å². The Morgan fingerprint density at radius 3 is 2.52 bits per heavy atom. The highest BCUT2D eigenvalue weighted by molar-refractivity contribution is 5.94. The van der Waals surface area contributed by atoms with Crippen LogP contribution in [-0.2, 0) is 0 Å².